The maximum Gasteiger partial charge on any atom is 0.288 e. The van der Waals surface area contributed by atoms with Gasteiger partial charge in [-0.1, -0.05) is 29.8 Å². The van der Waals surface area contributed by atoms with Crippen molar-refractivity contribution >= 4 is 23.2 Å². The molecule has 1 unspecified atom stereocenters. The average molecular weight is 389 g/mol. The number of nitro benzene ring substituents is 1. The Hall–Kier alpha value is -3.26. The number of carbonyl (C=O) groups is 1. The van der Waals surface area contributed by atoms with Crippen molar-refractivity contribution in [2.24, 2.45) is 7.05 Å². The van der Waals surface area contributed by atoms with Crippen molar-refractivity contribution in [3.8, 4) is 0 Å². The Labute approximate surface area is 158 Å². The Morgan fingerprint density at radius 3 is 2.70 bits per heavy atom. The van der Waals surface area contributed by atoms with Gasteiger partial charge in [0.05, 0.1) is 4.92 Å². The predicted molar refractivity (Wildman–Crippen MR) is 97.0 cm³/mol. The summed E-state index contributed by atoms with van der Waals surface area (Å²) in [5.74, 6) is -0.712. The molecule has 0 saturated carbocycles. The van der Waals surface area contributed by atoms with E-state index in [2.05, 4.69) is 10.3 Å². The lowest BCUT2D eigenvalue weighted by Gasteiger charge is -2.19. The minimum atomic E-state index is -0.881. The summed E-state index contributed by atoms with van der Waals surface area (Å²) in [7, 11) is 1.72. The topological polar surface area (TPSA) is 90.1 Å². The van der Waals surface area contributed by atoms with E-state index < -0.39 is 22.7 Å². The summed E-state index contributed by atoms with van der Waals surface area (Å²) < 4.78 is 16.0. The van der Waals surface area contributed by atoms with Crippen molar-refractivity contribution in [1.82, 2.24) is 14.9 Å². The van der Waals surface area contributed by atoms with Crippen LogP contribution in [-0.2, 0) is 7.05 Å². The number of nitrogens with one attached hydrogen (secondary N) is 1. The number of rotatable bonds is 5. The Morgan fingerprint density at radius 2 is 2.07 bits per heavy atom. The van der Waals surface area contributed by atoms with Gasteiger partial charge < -0.3 is 9.88 Å². The first-order valence-corrected chi connectivity index (χ1v) is 8.22. The summed E-state index contributed by atoms with van der Waals surface area (Å²) >= 11 is 5.78. The number of halogens is 2. The lowest BCUT2D eigenvalue weighted by molar-refractivity contribution is -0.384. The number of amides is 1. The van der Waals surface area contributed by atoms with Crippen molar-refractivity contribution in [2.45, 2.75) is 6.04 Å². The van der Waals surface area contributed by atoms with E-state index in [9.17, 15) is 19.3 Å². The van der Waals surface area contributed by atoms with E-state index in [4.69, 9.17) is 11.6 Å². The molecule has 0 radical (unpaired) electrons. The molecule has 1 N–H and O–H groups in total. The van der Waals surface area contributed by atoms with Crippen molar-refractivity contribution in [3.05, 3.63) is 92.8 Å². The third-order valence-corrected chi connectivity index (χ3v) is 4.33. The van der Waals surface area contributed by atoms with Crippen molar-refractivity contribution in [2.75, 3.05) is 0 Å². The molecule has 3 aromatic rings. The highest BCUT2D eigenvalue weighted by Crippen LogP contribution is 2.27. The van der Waals surface area contributed by atoms with Gasteiger partial charge in [-0.25, -0.2) is 9.37 Å². The lowest BCUT2D eigenvalue weighted by Crippen LogP contribution is -2.31. The standard InChI is InChI=1S/C18H14ClFN4O3/c1-23-9-8-21-17(23)16(12-4-2-3-5-14(12)20)22-18(25)11-6-7-13(19)15(10-11)24(26)27/h2-10,16H,1H3,(H,22,25). The predicted octanol–water partition coefficient (Wildman–Crippen LogP) is 3.64. The highest BCUT2D eigenvalue weighted by molar-refractivity contribution is 6.32. The number of hydrogen-bond acceptors (Lipinski definition) is 4. The zero-order chi connectivity index (χ0) is 19.6. The van der Waals surface area contributed by atoms with Crippen molar-refractivity contribution in [3.63, 3.8) is 0 Å². The Bertz CT molecular complexity index is 1020. The molecule has 0 spiro atoms. The number of carbonyl (C=O) groups excluding carboxylic acids is 1. The molecule has 1 heterocycles. The van der Waals surface area contributed by atoms with Crippen LogP contribution >= 0.6 is 11.6 Å². The van der Waals surface area contributed by atoms with Crippen LogP contribution in [0.2, 0.25) is 5.02 Å². The van der Waals surface area contributed by atoms with Crippen LogP contribution in [0.4, 0.5) is 10.1 Å². The van der Waals surface area contributed by atoms with Gasteiger partial charge in [0.2, 0.25) is 0 Å². The SMILES string of the molecule is Cn1ccnc1C(NC(=O)c1ccc(Cl)c([N+](=O)[O-])c1)c1ccccc1F. The van der Waals surface area contributed by atoms with Gasteiger partial charge in [0.15, 0.2) is 0 Å². The molecule has 138 valence electrons. The molecule has 1 atom stereocenters. The van der Waals surface area contributed by atoms with E-state index in [1.165, 1.54) is 24.4 Å². The zero-order valence-corrected chi connectivity index (χ0v) is 14.9. The first-order chi connectivity index (χ1) is 12.9. The van der Waals surface area contributed by atoms with Gasteiger partial charge in [0.1, 0.15) is 22.7 Å². The van der Waals surface area contributed by atoms with Crippen molar-refractivity contribution in [1.29, 1.82) is 0 Å². The minimum absolute atomic E-state index is 0.0293. The molecule has 0 aliphatic carbocycles. The van der Waals surface area contributed by atoms with E-state index in [0.29, 0.717) is 5.82 Å². The molecule has 0 saturated heterocycles. The third-order valence-electron chi connectivity index (χ3n) is 4.01. The zero-order valence-electron chi connectivity index (χ0n) is 14.1. The summed E-state index contributed by atoms with van der Waals surface area (Å²) in [6.07, 6.45) is 3.20. The highest BCUT2D eigenvalue weighted by Gasteiger charge is 2.25. The molecule has 1 amide bonds. The molecular formula is C18H14ClFN4O3. The van der Waals surface area contributed by atoms with Crippen LogP contribution in [0.3, 0.4) is 0 Å². The Morgan fingerprint density at radius 1 is 1.33 bits per heavy atom. The first kappa shape index (κ1) is 18.5. The quantitative estimate of drug-likeness (QED) is 0.533. The summed E-state index contributed by atoms with van der Waals surface area (Å²) in [5, 5.41) is 13.7. The van der Waals surface area contributed by atoms with E-state index in [0.717, 1.165) is 6.07 Å². The van der Waals surface area contributed by atoms with Crippen LogP contribution in [0.5, 0.6) is 0 Å². The number of aromatic nitrogens is 2. The maximum absolute atomic E-state index is 14.3. The van der Waals surface area contributed by atoms with Gasteiger partial charge >= 0.3 is 0 Å². The summed E-state index contributed by atoms with van der Waals surface area (Å²) in [6, 6.07) is 8.84. The molecule has 1 aromatic heterocycles. The second-order valence-corrected chi connectivity index (χ2v) is 6.15. The highest BCUT2D eigenvalue weighted by atomic mass is 35.5. The number of aryl methyl sites for hydroxylation is 1. The molecule has 0 aliphatic rings. The van der Waals surface area contributed by atoms with Gasteiger partial charge in [-0.15, -0.1) is 0 Å². The number of hydrogen-bond donors (Lipinski definition) is 1. The summed E-state index contributed by atoms with van der Waals surface area (Å²) in [6.45, 7) is 0. The van der Waals surface area contributed by atoms with E-state index >= 15 is 0 Å². The number of benzene rings is 2. The van der Waals surface area contributed by atoms with Gasteiger partial charge in [0, 0.05) is 36.6 Å². The molecular weight excluding hydrogens is 375 g/mol. The number of nitro groups is 1. The van der Waals surface area contributed by atoms with Crippen LogP contribution in [0.1, 0.15) is 27.8 Å². The number of imidazole rings is 1. The Balaban J connectivity index is 1.99. The van der Waals surface area contributed by atoms with Crippen LogP contribution in [-0.4, -0.2) is 20.4 Å². The molecule has 27 heavy (non-hydrogen) atoms. The van der Waals surface area contributed by atoms with Crippen LogP contribution in [0.25, 0.3) is 0 Å². The minimum Gasteiger partial charge on any atom is -0.338 e. The summed E-state index contributed by atoms with van der Waals surface area (Å²) in [4.78, 5) is 27.3. The number of nitrogens with zero attached hydrogens (tertiary/aromatic N) is 3. The molecule has 9 heteroatoms. The maximum atomic E-state index is 14.3. The third kappa shape index (κ3) is 3.80. The van der Waals surface area contributed by atoms with Gasteiger partial charge in [-0.3, -0.25) is 14.9 Å². The molecule has 0 fully saturated rings. The smallest absolute Gasteiger partial charge is 0.288 e. The molecule has 3 rings (SSSR count). The summed E-state index contributed by atoms with van der Waals surface area (Å²) in [5.41, 5.74) is -0.131. The second kappa shape index (κ2) is 7.55. The van der Waals surface area contributed by atoms with Gasteiger partial charge in [-0.2, -0.15) is 0 Å². The van der Waals surface area contributed by atoms with E-state index in [1.54, 1.807) is 36.0 Å². The lowest BCUT2D eigenvalue weighted by atomic mass is 10.0. The van der Waals surface area contributed by atoms with Gasteiger partial charge in [-0.05, 0) is 18.2 Å². The normalized spacial score (nSPS) is 11.8. The monoisotopic (exact) mass is 388 g/mol. The first-order valence-electron chi connectivity index (χ1n) is 7.85. The van der Waals surface area contributed by atoms with Crippen LogP contribution < -0.4 is 5.32 Å². The molecule has 0 bridgehead atoms. The fourth-order valence-electron chi connectivity index (χ4n) is 2.65. The fourth-order valence-corrected chi connectivity index (χ4v) is 2.84. The van der Waals surface area contributed by atoms with E-state index in [1.807, 2.05) is 0 Å². The largest absolute Gasteiger partial charge is 0.338 e. The molecule has 7 nitrogen and oxygen atoms in total. The van der Waals surface area contributed by atoms with Crippen molar-refractivity contribution < 1.29 is 14.1 Å². The Kier molecular flexibility index (Phi) is 5.18. The van der Waals surface area contributed by atoms with Crippen LogP contribution in [0, 0.1) is 15.9 Å². The second-order valence-electron chi connectivity index (χ2n) is 5.75. The fraction of sp³-hybridized carbons (Fsp3) is 0.111. The van der Waals surface area contributed by atoms with E-state index in [-0.39, 0.29) is 21.8 Å². The average Bonchev–Trinajstić information content (AvgIpc) is 3.06. The van der Waals surface area contributed by atoms with Gasteiger partial charge in [0.25, 0.3) is 11.6 Å². The molecule has 0 aliphatic heterocycles. The molecule has 2 aromatic carbocycles. The van der Waals surface area contributed by atoms with Crippen LogP contribution in [0.15, 0.2) is 54.9 Å².